The fourth-order valence-corrected chi connectivity index (χ4v) is 5.19. The highest BCUT2D eigenvalue weighted by Gasteiger charge is 2.52. The van der Waals surface area contributed by atoms with Crippen molar-refractivity contribution >= 4 is 17.9 Å². The van der Waals surface area contributed by atoms with E-state index in [0.29, 0.717) is 6.42 Å². The number of unbranched alkanes of at least 4 members (excludes halogenated alkanes) is 14. The molecule has 0 rings (SSSR count). The molecule has 3 unspecified atom stereocenters. The lowest BCUT2D eigenvalue weighted by Crippen LogP contribution is -2.70. The van der Waals surface area contributed by atoms with Crippen LogP contribution in [0, 0.1) is 0 Å². The van der Waals surface area contributed by atoms with Crippen LogP contribution in [0.4, 0.5) is 0 Å². The average Bonchev–Trinajstić information content (AvgIpc) is 2.84. The van der Waals surface area contributed by atoms with Crippen molar-refractivity contribution in [2.75, 3.05) is 6.54 Å². The van der Waals surface area contributed by atoms with Gasteiger partial charge in [-0.25, -0.2) is 14.4 Å². The van der Waals surface area contributed by atoms with Gasteiger partial charge in [0.15, 0.2) is 18.1 Å². The van der Waals surface area contributed by atoms with Gasteiger partial charge in [-0.1, -0.05) is 83.3 Å². The van der Waals surface area contributed by atoms with E-state index in [4.69, 9.17) is 0 Å². The Balaban J connectivity index is 4.25. The Morgan fingerprint density at radius 2 is 0.861 bits per heavy atom. The summed E-state index contributed by atoms with van der Waals surface area (Å²) in [5, 5.41) is 28.9. The Hall–Kier alpha value is -1.89. The molecule has 0 radical (unpaired) electrons. The van der Waals surface area contributed by atoms with E-state index in [2.05, 4.69) is 19.1 Å². The largest absolute Gasteiger partial charge is 0.477 e. The van der Waals surface area contributed by atoms with Crippen molar-refractivity contribution in [3.63, 3.8) is 0 Å². The number of carbonyl (C=O) groups is 3. The van der Waals surface area contributed by atoms with Crippen molar-refractivity contribution in [2.24, 2.45) is 0 Å². The first-order chi connectivity index (χ1) is 17.1. The van der Waals surface area contributed by atoms with Crippen LogP contribution >= 0.6 is 0 Å². The summed E-state index contributed by atoms with van der Waals surface area (Å²) in [6, 6.07) is -3.38. The molecule has 0 bridgehead atoms. The molecule has 3 atom stereocenters. The van der Waals surface area contributed by atoms with Crippen molar-refractivity contribution in [3.05, 3.63) is 12.2 Å². The van der Waals surface area contributed by atoms with Crippen molar-refractivity contribution < 1.29 is 34.2 Å². The predicted molar refractivity (Wildman–Crippen MR) is 145 cm³/mol. The Morgan fingerprint density at radius 1 is 0.556 bits per heavy atom. The van der Waals surface area contributed by atoms with Gasteiger partial charge in [0.25, 0.3) is 0 Å². The van der Waals surface area contributed by atoms with Crippen LogP contribution in [-0.2, 0) is 14.4 Å². The third kappa shape index (κ3) is 12.9. The number of rotatable bonds is 24. The van der Waals surface area contributed by atoms with Gasteiger partial charge in [-0.3, -0.25) is 4.48 Å². The third-order valence-electron chi connectivity index (χ3n) is 7.79. The monoisotopic (exact) mass is 512 g/mol. The lowest BCUT2D eigenvalue weighted by Gasteiger charge is -2.47. The topological polar surface area (TPSA) is 112 Å². The quantitative estimate of drug-likeness (QED) is 0.0726. The van der Waals surface area contributed by atoms with Gasteiger partial charge in [0.2, 0.25) is 0 Å². The van der Waals surface area contributed by atoms with Gasteiger partial charge < -0.3 is 15.3 Å². The molecule has 0 aliphatic carbocycles. The van der Waals surface area contributed by atoms with Crippen LogP contribution in [0.2, 0.25) is 0 Å². The van der Waals surface area contributed by atoms with Crippen molar-refractivity contribution in [2.45, 2.75) is 149 Å². The molecular weight excluding hydrogens is 458 g/mol. The van der Waals surface area contributed by atoms with Crippen LogP contribution in [0.15, 0.2) is 12.2 Å². The van der Waals surface area contributed by atoms with Crippen LogP contribution in [0.3, 0.4) is 0 Å². The molecule has 0 amide bonds. The summed E-state index contributed by atoms with van der Waals surface area (Å²) in [5.74, 6) is -3.53. The Labute approximate surface area is 219 Å². The van der Waals surface area contributed by atoms with Gasteiger partial charge in [0, 0.05) is 0 Å². The second-order valence-electron chi connectivity index (χ2n) is 10.4. The number of hydrogen-bond acceptors (Lipinski definition) is 3. The van der Waals surface area contributed by atoms with E-state index in [-0.39, 0.29) is 6.54 Å². The average molecular weight is 513 g/mol. The number of carboxylic acid groups (broad SMARTS) is 3. The maximum absolute atomic E-state index is 11.8. The molecular formula is C29H54NO6+. The first kappa shape index (κ1) is 34.1. The SMILES string of the molecule is CCCCCCCCCCC/C=C\CCCCCCC[N+](C(C)C(=O)O)(C(C)C(=O)O)C(C)C(=O)O. The molecule has 210 valence electrons. The van der Waals surface area contributed by atoms with Gasteiger partial charge in [-0.2, -0.15) is 0 Å². The molecule has 0 aromatic rings. The van der Waals surface area contributed by atoms with E-state index >= 15 is 0 Å². The molecule has 3 N–H and O–H groups in total. The Kier molecular flexibility index (Phi) is 19.1. The zero-order valence-corrected chi connectivity index (χ0v) is 23.4. The zero-order chi connectivity index (χ0) is 27.4. The highest BCUT2D eigenvalue weighted by atomic mass is 16.4. The summed E-state index contributed by atoms with van der Waals surface area (Å²) in [6.45, 7) is 6.72. The van der Waals surface area contributed by atoms with E-state index in [9.17, 15) is 29.7 Å². The Bertz CT molecular complexity index is 597. The molecule has 0 aliphatic rings. The smallest absolute Gasteiger partial charge is 0.362 e. The normalized spacial score (nSPS) is 15.9. The summed E-state index contributed by atoms with van der Waals surface area (Å²) in [5.41, 5.74) is 0. The number of nitrogens with zero attached hydrogens (tertiary/aromatic N) is 1. The standard InChI is InChI=1S/C29H53NO6/c1-5-6-7-8-9-10-11-12-13-14-15-16-17-18-19-20-21-22-23-30(24(2)27(31)32,25(3)28(33)34)26(4)29(35)36/h15-16,24-26H,5-14,17-23H2,1-4H3,(H2-,31,32,33,34,35,36)/p+1/b16-15-. The minimum Gasteiger partial charge on any atom is -0.477 e. The molecule has 0 aromatic carbocycles. The fourth-order valence-electron chi connectivity index (χ4n) is 5.19. The third-order valence-corrected chi connectivity index (χ3v) is 7.79. The van der Waals surface area contributed by atoms with E-state index in [1.807, 2.05) is 0 Å². The summed E-state index contributed by atoms with van der Waals surface area (Å²) >= 11 is 0. The number of carboxylic acids is 3. The van der Waals surface area contributed by atoms with Gasteiger partial charge in [0.1, 0.15) is 0 Å². The van der Waals surface area contributed by atoms with E-state index in [1.54, 1.807) is 0 Å². The van der Waals surface area contributed by atoms with Crippen LogP contribution in [0.25, 0.3) is 0 Å². The first-order valence-electron chi connectivity index (χ1n) is 14.3. The van der Waals surface area contributed by atoms with E-state index in [0.717, 1.165) is 38.5 Å². The molecule has 7 heteroatoms. The molecule has 0 saturated carbocycles. The molecule has 0 heterocycles. The van der Waals surface area contributed by atoms with Crippen LogP contribution < -0.4 is 0 Å². The van der Waals surface area contributed by atoms with Crippen LogP contribution in [-0.4, -0.2) is 62.4 Å². The van der Waals surface area contributed by atoms with Crippen LogP contribution in [0.1, 0.15) is 130 Å². The second-order valence-corrected chi connectivity index (χ2v) is 10.4. The molecule has 0 spiro atoms. The second kappa shape index (κ2) is 20.2. The summed E-state index contributed by atoms with van der Waals surface area (Å²) in [4.78, 5) is 35.4. The minimum absolute atomic E-state index is 0.215. The van der Waals surface area contributed by atoms with Gasteiger partial charge in [-0.05, 0) is 59.3 Å². The first-order valence-corrected chi connectivity index (χ1v) is 14.3. The summed E-state index contributed by atoms with van der Waals surface area (Å²) < 4.78 is -0.485. The number of quaternary nitrogens is 1. The summed E-state index contributed by atoms with van der Waals surface area (Å²) in [7, 11) is 0. The molecule has 0 aromatic heterocycles. The maximum atomic E-state index is 11.8. The molecule has 0 aliphatic heterocycles. The fraction of sp³-hybridized carbons (Fsp3) is 0.828. The molecule has 7 nitrogen and oxygen atoms in total. The van der Waals surface area contributed by atoms with Crippen LogP contribution in [0.5, 0.6) is 0 Å². The van der Waals surface area contributed by atoms with Crippen molar-refractivity contribution in [3.8, 4) is 0 Å². The van der Waals surface area contributed by atoms with Gasteiger partial charge >= 0.3 is 17.9 Å². The minimum atomic E-state index is -1.18. The predicted octanol–water partition coefficient (Wildman–Crippen LogP) is 7.04. The van der Waals surface area contributed by atoms with Gasteiger partial charge in [0.05, 0.1) is 6.54 Å². The maximum Gasteiger partial charge on any atom is 0.362 e. The lowest BCUT2D eigenvalue weighted by atomic mass is 10.00. The van der Waals surface area contributed by atoms with Crippen molar-refractivity contribution in [1.29, 1.82) is 0 Å². The highest BCUT2D eigenvalue weighted by Crippen LogP contribution is 2.27. The molecule has 36 heavy (non-hydrogen) atoms. The number of allylic oxidation sites excluding steroid dienone is 2. The zero-order valence-electron chi connectivity index (χ0n) is 23.4. The van der Waals surface area contributed by atoms with Gasteiger partial charge in [-0.15, -0.1) is 0 Å². The number of hydrogen-bond donors (Lipinski definition) is 3. The number of aliphatic carboxylic acids is 3. The van der Waals surface area contributed by atoms with Crippen molar-refractivity contribution in [1.82, 2.24) is 0 Å². The molecule has 0 fully saturated rings. The highest BCUT2D eigenvalue weighted by molar-refractivity contribution is 5.77. The van der Waals surface area contributed by atoms with E-state index in [1.165, 1.54) is 78.6 Å². The van der Waals surface area contributed by atoms with E-state index < -0.39 is 40.5 Å². The molecule has 0 saturated heterocycles. The lowest BCUT2D eigenvalue weighted by molar-refractivity contribution is -0.968. The Morgan fingerprint density at radius 3 is 1.19 bits per heavy atom. The summed E-state index contributed by atoms with van der Waals surface area (Å²) in [6.07, 6.45) is 23.4.